The standard InChI is InChI=1S/C23H23FN2O4S/c1-29-23(28)26-12-6-11-25(13-14-26)22(27)21-17(15-30-16-7-3-2-4-8-16)20-18(24)9-5-10-19(20)31-21/h2-5,7-10H,6,11-15H2,1H3. The zero-order valence-corrected chi connectivity index (χ0v) is 18.0. The van der Waals surface area contributed by atoms with Crippen molar-refractivity contribution in [3.8, 4) is 5.75 Å². The quantitative estimate of drug-likeness (QED) is 0.596. The van der Waals surface area contributed by atoms with Crippen molar-refractivity contribution < 1.29 is 23.5 Å². The van der Waals surface area contributed by atoms with Crippen LogP contribution in [0.25, 0.3) is 10.1 Å². The first-order chi connectivity index (χ1) is 15.1. The smallest absolute Gasteiger partial charge is 0.409 e. The lowest BCUT2D eigenvalue weighted by Crippen LogP contribution is -2.37. The van der Waals surface area contributed by atoms with Crippen LogP contribution in [0, 0.1) is 5.82 Å². The molecule has 0 unspecified atom stereocenters. The van der Waals surface area contributed by atoms with Crippen LogP contribution in [0.3, 0.4) is 0 Å². The monoisotopic (exact) mass is 442 g/mol. The number of thiophene rings is 1. The Morgan fingerprint density at radius 2 is 1.74 bits per heavy atom. The second-order valence-corrected chi connectivity index (χ2v) is 8.28. The van der Waals surface area contributed by atoms with Crippen molar-refractivity contribution in [3.63, 3.8) is 0 Å². The summed E-state index contributed by atoms with van der Waals surface area (Å²) < 4.78 is 26.1. The van der Waals surface area contributed by atoms with E-state index in [1.807, 2.05) is 36.4 Å². The van der Waals surface area contributed by atoms with Gasteiger partial charge in [-0.15, -0.1) is 11.3 Å². The maximum Gasteiger partial charge on any atom is 0.409 e. The second-order valence-electron chi connectivity index (χ2n) is 7.23. The predicted molar refractivity (Wildman–Crippen MR) is 117 cm³/mol. The SMILES string of the molecule is COC(=O)N1CCCN(C(=O)c2sc3cccc(F)c3c2COc2ccccc2)CC1. The lowest BCUT2D eigenvalue weighted by Gasteiger charge is -2.21. The molecule has 0 aliphatic carbocycles. The Balaban J connectivity index is 1.62. The molecule has 4 rings (SSSR count). The van der Waals surface area contributed by atoms with Crippen LogP contribution in [0.15, 0.2) is 48.5 Å². The summed E-state index contributed by atoms with van der Waals surface area (Å²) in [6.45, 7) is 1.93. The third-order valence-electron chi connectivity index (χ3n) is 5.30. The summed E-state index contributed by atoms with van der Waals surface area (Å²) in [6.07, 6.45) is 0.255. The van der Waals surface area contributed by atoms with Gasteiger partial charge in [0.15, 0.2) is 0 Å². The lowest BCUT2D eigenvalue weighted by molar-refractivity contribution is 0.0759. The van der Waals surface area contributed by atoms with Gasteiger partial charge in [-0.05, 0) is 30.7 Å². The van der Waals surface area contributed by atoms with Gasteiger partial charge in [0.25, 0.3) is 5.91 Å². The number of carbonyl (C=O) groups excluding carboxylic acids is 2. The maximum absolute atomic E-state index is 14.7. The molecule has 162 valence electrons. The van der Waals surface area contributed by atoms with Crippen molar-refractivity contribution in [2.45, 2.75) is 13.0 Å². The minimum absolute atomic E-state index is 0.0914. The van der Waals surface area contributed by atoms with Crippen LogP contribution in [0.2, 0.25) is 0 Å². The molecule has 2 amide bonds. The van der Waals surface area contributed by atoms with Crippen LogP contribution in [-0.4, -0.2) is 55.1 Å². The molecule has 1 aliphatic heterocycles. The molecule has 0 radical (unpaired) electrons. The molecule has 0 bridgehead atoms. The summed E-state index contributed by atoms with van der Waals surface area (Å²) in [5, 5.41) is 0.429. The molecule has 1 aromatic heterocycles. The molecule has 1 aliphatic rings. The molecule has 0 N–H and O–H groups in total. The molecule has 1 saturated heterocycles. The highest BCUT2D eigenvalue weighted by molar-refractivity contribution is 7.21. The first kappa shape index (κ1) is 21.1. The molecule has 0 atom stereocenters. The Morgan fingerprint density at radius 3 is 2.52 bits per heavy atom. The number of ether oxygens (including phenoxy) is 2. The third-order valence-corrected chi connectivity index (χ3v) is 6.49. The number of carbonyl (C=O) groups is 2. The minimum atomic E-state index is -0.393. The van der Waals surface area contributed by atoms with Gasteiger partial charge in [-0.3, -0.25) is 4.79 Å². The van der Waals surface area contributed by atoms with E-state index in [0.29, 0.717) is 58.9 Å². The summed E-state index contributed by atoms with van der Waals surface area (Å²) in [5.74, 6) is 0.117. The number of nitrogens with zero attached hydrogens (tertiary/aromatic N) is 2. The number of amides is 2. The van der Waals surface area contributed by atoms with Crippen molar-refractivity contribution in [2.24, 2.45) is 0 Å². The Kier molecular flexibility index (Phi) is 6.36. The van der Waals surface area contributed by atoms with Gasteiger partial charge in [-0.1, -0.05) is 24.3 Å². The number of rotatable bonds is 4. The Bertz CT molecular complexity index is 1090. The third kappa shape index (κ3) is 4.49. The molecule has 2 heterocycles. The van der Waals surface area contributed by atoms with Gasteiger partial charge in [0, 0.05) is 41.8 Å². The summed E-state index contributed by atoms with van der Waals surface area (Å²) in [6, 6.07) is 14.1. The van der Waals surface area contributed by atoms with Crippen molar-refractivity contribution in [3.05, 3.63) is 64.8 Å². The highest BCUT2D eigenvalue weighted by Crippen LogP contribution is 2.35. The molecule has 6 nitrogen and oxygen atoms in total. The topological polar surface area (TPSA) is 59.1 Å². The summed E-state index contributed by atoms with van der Waals surface area (Å²) in [5.41, 5.74) is 0.557. The Labute approximate surface area is 183 Å². The van der Waals surface area contributed by atoms with Crippen LogP contribution in [0.4, 0.5) is 9.18 Å². The first-order valence-electron chi connectivity index (χ1n) is 10.1. The van der Waals surface area contributed by atoms with Gasteiger partial charge in [0.2, 0.25) is 0 Å². The Hall–Kier alpha value is -3.13. The van der Waals surface area contributed by atoms with Crippen molar-refractivity contribution in [2.75, 3.05) is 33.3 Å². The van der Waals surface area contributed by atoms with E-state index < -0.39 is 6.09 Å². The minimum Gasteiger partial charge on any atom is -0.489 e. The number of hydrogen-bond acceptors (Lipinski definition) is 5. The van der Waals surface area contributed by atoms with E-state index in [9.17, 15) is 14.0 Å². The molecule has 1 fully saturated rings. The molecule has 0 spiro atoms. The van der Waals surface area contributed by atoms with E-state index in [0.717, 1.165) is 0 Å². The molecule has 31 heavy (non-hydrogen) atoms. The Morgan fingerprint density at radius 1 is 1.00 bits per heavy atom. The van der Waals surface area contributed by atoms with Crippen molar-refractivity contribution in [1.29, 1.82) is 0 Å². The van der Waals surface area contributed by atoms with E-state index >= 15 is 0 Å². The summed E-state index contributed by atoms with van der Waals surface area (Å²) >= 11 is 1.28. The molecule has 3 aromatic rings. The average molecular weight is 443 g/mol. The fourth-order valence-electron chi connectivity index (χ4n) is 3.73. The van der Waals surface area contributed by atoms with Gasteiger partial charge in [-0.25, -0.2) is 9.18 Å². The van der Waals surface area contributed by atoms with Crippen LogP contribution in [0.1, 0.15) is 21.7 Å². The zero-order valence-electron chi connectivity index (χ0n) is 17.2. The van der Waals surface area contributed by atoms with Crippen LogP contribution < -0.4 is 4.74 Å². The van der Waals surface area contributed by atoms with Crippen molar-refractivity contribution in [1.82, 2.24) is 9.80 Å². The van der Waals surface area contributed by atoms with Gasteiger partial charge in [0.05, 0.1) is 12.0 Å². The van der Waals surface area contributed by atoms with E-state index in [4.69, 9.17) is 9.47 Å². The summed E-state index contributed by atoms with van der Waals surface area (Å²) in [7, 11) is 1.35. The fourth-order valence-corrected chi connectivity index (χ4v) is 4.92. The number of hydrogen-bond donors (Lipinski definition) is 0. The van der Waals surface area contributed by atoms with Crippen LogP contribution >= 0.6 is 11.3 Å². The molecular formula is C23H23FN2O4S. The molecule has 2 aromatic carbocycles. The van der Waals surface area contributed by atoms with Gasteiger partial charge in [-0.2, -0.15) is 0 Å². The molecule has 8 heteroatoms. The predicted octanol–water partition coefficient (Wildman–Crippen LogP) is 4.53. The highest BCUT2D eigenvalue weighted by Gasteiger charge is 2.28. The largest absolute Gasteiger partial charge is 0.489 e. The second kappa shape index (κ2) is 9.34. The molecular weight excluding hydrogens is 419 g/mol. The van der Waals surface area contributed by atoms with E-state index in [1.165, 1.54) is 24.5 Å². The zero-order chi connectivity index (χ0) is 21.8. The average Bonchev–Trinajstić information content (AvgIpc) is 2.99. The van der Waals surface area contributed by atoms with Gasteiger partial charge in [0.1, 0.15) is 18.2 Å². The number of para-hydroxylation sites is 1. The number of halogens is 1. The van der Waals surface area contributed by atoms with E-state index in [-0.39, 0.29) is 18.3 Å². The molecule has 0 saturated carbocycles. The number of benzene rings is 2. The maximum atomic E-state index is 14.7. The number of methoxy groups -OCH3 is 1. The fraction of sp³-hybridized carbons (Fsp3) is 0.304. The van der Waals surface area contributed by atoms with Gasteiger partial charge >= 0.3 is 6.09 Å². The number of fused-ring (bicyclic) bond motifs is 1. The van der Waals surface area contributed by atoms with Crippen molar-refractivity contribution >= 4 is 33.4 Å². The van der Waals surface area contributed by atoms with Crippen LogP contribution in [-0.2, 0) is 11.3 Å². The first-order valence-corrected chi connectivity index (χ1v) is 10.9. The van der Waals surface area contributed by atoms with E-state index in [2.05, 4.69) is 0 Å². The van der Waals surface area contributed by atoms with Gasteiger partial charge < -0.3 is 19.3 Å². The lowest BCUT2D eigenvalue weighted by atomic mass is 10.1. The highest BCUT2D eigenvalue weighted by atomic mass is 32.1. The summed E-state index contributed by atoms with van der Waals surface area (Å²) in [4.78, 5) is 29.1. The normalized spacial score (nSPS) is 14.4. The van der Waals surface area contributed by atoms with E-state index in [1.54, 1.807) is 15.9 Å². The van der Waals surface area contributed by atoms with Crippen LogP contribution in [0.5, 0.6) is 5.75 Å².